The first-order chi connectivity index (χ1) is 64.1. The molecule has 132 heavy (non-hydrogen) atoms. The molecule has 0 spiro atoms. The molecular weight excluding hydrogens is 1660 g/mol. The zero-order chi connectivity index (χ0) is 96.4. The molecular formula is C114H210O18. The van der Waals surface area contributed by atoms with Gasteiger partial charge in [0.05, 0.1) is 0 Å². The van der Waals surface area contributed by atoms with Crippen LogP contribution in [0.15, 0.2) is 0 Å². The van der Waals surface area contributed by atoms with Gasteiger partial charge in [0, 0.05) is 38.5 Å². The van der Waals surface area contributed by atoms with Crippen LogP contribution in [0.3, 0.4) is 0 Å². The van der Waals surface area contributed by atoms with Gasteiger partial charge in [0.15, 0.2) is 0 Å². The highest BCUT2D eigenvalue weighted by atomic mass is 16.7. The normalized spacial score (nSPS) is 12.0. The van der Waals surface area contributed by atoms with Gasteiger partial charge in [-0.25, -0.2) is 4.79 Å². The number of benzene rings is 1. The summed E-state index contributed by atoms with van der Waals surface area (Å²) >= 11 is 0. The average molecular weight is 1870 g/mol. The molecule has 774 valence electrons. The van der Waals surface area contributed by atoms with Crippen molar-refractivity contribution >= 4 is 35.8 Å². The van der Waals surface area contributed by atoms with Crippen molar-refractivity contribution in [2.75, 3.05) is 0 Å². The third kappa shape index (κ3) is 74.8. The summed E-state index contributed by atoms with van der Waals surface area (Å²) in [5.74, 6) is -17.5. The predicted molar refractivity (Wildman–Crippen MR) is 545 cm³/mol. The lowest BCUT2D eigenvalue weighted by atomic mass is 9.77. The lowest BCUT2D eigenvalue weighted by Crippen LogP contribution is -2.71. The van der Waals surface area contributed by atoms with E-state index in [0.717, 1.165) is 128 Å². The molecule has 0 fully saturated rings. The number of aliphatic carboxylic acids is 6. The van der Waals surface area contributed by atoms with E-state index in [-0.39, 0.29) is 6.42 Å². The van der Waals surface area contributed by atoms with Gasteiger partial charge < -0.3 is 61.3 Å². The number of carboxylic acid groups (broad SMARTS) is 6. The average Bonchev–Trinajstić information content (AvgIpc) is 0.778. The summed E-state index contributed by atoms with van der Waals surface area (Å²) in [6.45, 7) is 0. The van der Waals surface area contributed by atoms with Gasteiger partial charge in [0.2, 0.25) is 5.79 Å². The highest BCUT2D eigenvalue weighted by molar-refractivity contribution is 5.76. The van der Waals surface area contributed by atoms with Crippen molar-refractivity contribution in [1.82, 2.24) is 0 Å². The van der Waals surface area contributed by atoms with Crippen molar-refractivity contribution in [3.05, 3.63) is 33.4 Å². The molecule has 0 heterocycles. The van der Waals surface area contributed by atoms with Gasteiger partial charge in [0.25, 0.3) is 5.79 Å². The number of unbranched alkanes of at least 4 members (excludes halogenated alkanes) is 81. The Morgan fingerprint density at radius 2 is 0.242 bits per heavy atom. The van der Waals surface area contributed by atoms with Crippen LogP contribution in [0.5, 0.6) is 0 Å². The molecule has 18 nitrogen and oxygen atoms in total. The molecule has 0 unspecified atom stereocenters. The number of carboxylic acids is 6. The van der Waals surface area contributed by atoms with Gasteiger partial charge in [0.1, 0.15) is 0 Å². The van der Waals surface area contributed by atoms with E-state index in [1.165, 1.54) is 456 Å². The van der Waals surface area contributed by atoms with Crippen molar-refractivity contribution < 1.29 is 90.0 Å². The minimum absolute atomic E-state index is 0.126. The van der Waals surface area contributed by atoms with Crippen LogP contribution in [0.1, 0.15) is 631 Å². The van der Waals surface area contributed by atoms with Crippen molar-refractivity contribution in [3.63, 3.8) is 0 Å². The van der Waals surface area contributed by atoms with E-state index in [9.17, 15) is 59.4 Å². The number of carbonyl (C=O) groups is 6. The quantitative estimate of drug-likeness (QED) is 0.0213. The summed E-state index contributed by atoms with van der Waals surface area (Å²) in [6.07, 6.45) is 113. The summed E-state index contributed by atoms with van der Waals surface area (Å²) < 4.78 is 0. The molecule has 0 amide bonds. The number of aliphatic hydroxyl groups is 6. The van der Waals surface area contributed by atoms with Crippen LogP contribution in [0.25, 0.3) is 0 Å². The summed E-state index contributed by atoms with van der Waals surface area (Å²) in [7, 11) is 0. The second kappa shape index (κ2) is 90.6. The van der Waals surface area contributed by atoms with E-state index in [4.69, 9.17) is 30.6 Å². The van der Waals surface area contributed by atoms with Gasteiger partial charge in [-0.2, -0.15) is 0 Å². The van der Waals surface area contributed by atoms with Crippen LogP contribution in [-0.4, -0.2) is 114 Å². The minimum atomic E-state index is -4.17. The van der Waals surface area contributed by atoms with E-state index in [0.29, 0.717) is 38.5 Å². The van der Waals surface area contributed by atoms with Crippen LogP contribution in [0.2, 0.25) is 0 Å². The van der Waals surface area contributed by atoms with Crippen molar-refractivity contribution in [2.24, 2.45) is 0 Å². The lowest BCUT2D eigenvalue weighted by molar-refractivity contribution is -0.441. The molecule has 1 aromatic rings. The molecule has 0 aliphatic carbocycles. The van der Waals surface area contributed by atoms with Crippen LogP contribution in [-0.2, 0) is 67.3 Å². The molecule has 0 saturated carbocycles. The van der Waals surface area contributed by atoms with Crippen molar-refractivity contribution in [2.45, 2.75) is 653 Å². The van der Waals surface area contributed by atoms with Crippen LogP contribution in [0, 0.1) is 0 Å². The molecule has 0 aliphatic heterocycles. The van der Waals surface area contributed by atoms with Gasteiger partial charge in [-0.1, -0.05) is 482 Å². The molecule has 0 radical (unpaired) electrons. The van der Waals surface area contributed by atoms with Gasteiger partial charge in [-0.15, -0.1) is 0 Å². The minimum Gasteiger partial charge on any atom is -0.481 e. The molecule has 1 rings (SSSR count). The first-order valence-electron chi connectivity index (χ1n) is 56.9. The van der Waals surface area contributed by atoms with Crippen molar-refractivity contribution in [1.29, 1.82) is 0 Å². The first kappa shape index (κ1) is 126. The molecule has 12 N–H and O–H groups in total. The third-order valence-corrected chi connectivity index (χ3v) is 28.8. The first-order valence-corrected chi connectivity index (χ1v) is 56.9. The lowest BCUT2D eigenvalue weighted by Gasteiger charge is -2.40. The Balaban J connectivity index is 3.78. The molecule has 1 aromatic carbocycles. The highest BCUT2D eigenvalue weighted by Crippen LogP contribution is 2.38. The Bertz CT molecular complexity index is 2540. The Morgan fingerprint density at radius 3 is 0.348 bits per heavy atom. The Labute approximate surface area is 807 Å². The largest absolute Gasteiger partial charge is 0.481 e. The summed E-state index contributed by atoms with van der Waals surface area (Å²) in [5, 5.41) is 114. The fraction of sp³-hybridized carbons (Fsp3) is 0.895. The Morgan fingerprint density at radius 1 is 0.144 bits per heavy atom. The molecule has 0 saturated heterocycles. The number of hydrogen-bond acceptors (Lipinski definition) is 12. The number of hydrogen-bond donors (Lipinski definition) is 12. The maximum Gasteiger partial charge on any atom is 0.370 e. The van der Waals surface area contributed by atoms with Gasteiger partial charge in [-0.05, 0) is 149 Å². The Hall–Kier alpha value is -4.20. The van der Waals surface area contributed by atoms with Gasteiger partial charge >= 0.3 is 41.6 Å². The molecule has 0 bridgehead atoms. The Kier molecular flexibility index (Phi) is 86.4. The molecule has 18 heteroatoms. The summed E-state index contributed by atoms with van der Waals surface area (Å²) in [5.41, 5.74) is 10.8. The monoisotopic (exact) mass is 1870 g/mol. The van der Waals surface area contributed by atoms with E-state index < -0.39 is 59.6 Å². The zero-order valence-corrected chi connectivity index (χ0v) is 85.3. The predicted octanol–water partition coefficient (Wildman–Crippen LogP) is 31.8. The van der Waals surface area contributed by atoms with Crippen LogP contribution in [0.4, 0.5) is 0 Å². The summed E-state index contributed by atoms with van der Waals surface area (Å²) in [4.78, 5) is 66.1. The fourth-order valence-electron chi connectivity index (χ4n) is 20.3. The topological polar surface area (TPSA) is 345 Å². The van der Waals surface area contributed by atoms with E-state index >= 15 is 0 Å². The maximum absolute atomic E-state index is 11.3. The van der Waals surface area contributed by atoms with Crippen LogP contribution >= 0.6 is 0 Å². The molecule has 0 aliphatic rings. The van der Waals surface area contributed by atoms with E-state index in [1.54, 1.807) is 33.4 Å². The van der Waals surface area contributed by atoms with Crippen LogP contribution < -0.4 is 0 Å². The SMILES string of the molecule is O=C(O)CCCCCCCCCCCCCCCCCc1c(CCCCCCCCCCCCCCCCCC(=O)O)c(CCCCCCCCCCCCCCCCCC(=O)O)c(CCCCCCCCCCCCCCC(O)(O)C(O)(O)C(O)(O)C(=O)O)c(CCCCCCCCCCCCCCCCCC(=O)O)c1CCCCCCCCCCCCCCCCCC(=O)O. The zero-order valence-electron chi connectivity index (χ0n) is 85.3. The smallest absolute Gasteiger partial charge is 0.370 e. The third-order valence-electron chi connectivity index (χ3n) is 28.8. The molecule has 0 aromatic heterocycles. The van der Waals surface area contributed by atoms with E-state index in [1.807, 2.05) is 0 Å². The maximum atomic E-state index is 11.3. The second-order valence-corrected chi connectivity index (χ2v) is 41.1. The highest BCUT2D eigenvalue weighted by Gasteiger charge is 2.65. The van der Waals surface area contributed by atoms with Crippen molar-refractivity contribution in [3.8, 4) is 0 Å². The number of rotatable bonds is 108. The second-order valence-electron chi connectivity index (χ2n) is 41.1. The fourth-order valence-corrected chi connectivity index (χ4v) is 20.3. The van der Waals surface area contributed by atoms with Gasteiger partial charge in [-0.3, -0.25) is 24.0 Å². The van der Waals surface area contributed by atoms with E-state index in [2.05, 4.69) is 0 Å². The standard InChI is InChI=1S/C114H210O18/c115-106(116)94-82-70-58-46-34-21-11-1-6-16-28-40-52-64-76-88-100-101(89-77-65-53-41-29-17-7-2-12-22-35-47-59-71-83-95-107(117)118)103(91-79-67-55-43-31-19-9-4-14-24-37-49-61-73-85-97-109(121)122)105(93-81-69-57-45-33-26-27-39-51-63-75-87-99-112(127,128)114(131,132)113(129,130)111(125)126)104(92-80-68-56-44-32-20-10-5-15-25-38-50-62-74-86-98-110(123)124)102(100)90-78-66-54-42-30-18-8-3-13-23-36-48-60-72-84-96-108(119)120/h127-132H,1-99H2,(H,115,116)(H,117,118)(H,119,120)(H,121,122)(H,123,124)(H,125,126). The summed E-state index contributed by atoms with van der Waals surface area (Å²) in [6, 6.07) is 0. The molecule has 0 atom stereocenters.